The van der Waals surface area contributed by atoms with Crippen LogP contribution in [0.4, 0.5) is 16.4 Å². The van der Waals surface area contributed by atoms with Gasteiger partial charge in [-0.2, -0.15) is 0 Å². The van der Waals surface area contributed by atoms with E-state index in [0.29, 0.717) is 36.7 Å². The summed E-state index contributed by atoms with van der Waals surface area (Å²) >= 11 is 0. The second-order valence-corrected chi connectivity index (χ2v) is 9.68. The first-order chi connectivity index (χ1) is 15.0. The number of aryl methyl sites for hydroxylation is 1. The number of carbonyl (C=O) groups is 2. The molecule has 2 aliphatic rings. The van der Waals surface area contributed by atoms with E-state index in [9.17, 15) is 9.59 Å². The number of piperazine rings is 1. The predicted molar refractivity (Wildman–Crippen MR) is 124 cm³/mol. The number of nitrogen functional groups attached to an aromatic ring is 1. The number of nitrogens with two attached hydrogens (primary N) is 2. The average molecular weight is 448 g/mol. The topological polar surface area (TPSA) is 131 Å². The first kappa shape index (κ1) is 24.0. The van der Waals surface area contributed by atoms with Crippen LogP contribution < -0.4 is 16.4 Å². The lowest BCUT2D eigenvalue weighted by molar-refractivity contribution is 0.00943. The largest absolute Gasteiger partial charge is 0.444 e. The molecule has 178 valence electrons. The van der Waals surface area contributed by atoms with Gasteiger partial charge in [0.2, 0.25) is 0 Å². The molecule has 0 aromatic carbocycles. The summed E-state index contributed by atoms with van der Waals surface area (Å²) in [6, 6.07) is 0.801. The van der Waals surface area contributed by atoms with Gasteiger partial charge in [0.15, 0.2) is 17.3 Å². The molecule has 2 fully saturated rings. The highest BCUT2D eigenvalue weighted by molar-refractivity contribution is 5.95. The van der Waals surface area contributed by atoms with Crippen LogP contribution in [0, 0.1) is 6.92 Å². The van der Waals surface area contributed by atoms with Gasteiger partial charge in [0, 0.05) is 44.8 Å². The molecule has 4 N–H and O–H groups in total. The van der Waals surface area contributed by atoms with E-state index in [1.807, 2.05) is 32.6 Å². The van der Waals surface area contributed by atoms with Crippen LogP contribution in [-0.2, 0) is 4.74 Å². The van der Waals surface area contributed by atoms with E-state index < -0.39 is 11.5 Å². The quantitative estimate of drug-likeness (QED) is 0.714. The number of hydrogen-bond donors (Lipinski definition) is 2. The van der Waals surface area contributed by atoms with Crippen LogP contribution in [0.1, 0.15) is 63.1 Å². The van der Waals surface area contributed by atoms with Crippen molar-refractivity contribution in [3.63, 3.8) is 0 Å². The molecule has 32 heavy (non-hydrogen) atoms. The molecule has 10 nitrogen and oxygen atoms in total. The summed E-state index contributed by atoms with van der Waals surface area (Å²) in [4.78, 5) is 39.2. The molecule has 0 bridgehead atoms. The minimum Gasteiger partial charge on any atom is -0.444 e. The molecule has 2 amide bonds. The van der Waals surface area contributed by atoms with E-state index in [1.54, 1.807) is 0 Å². The molecule has 0 spiro atoms. The van der Waals surface area contributed by atoms with E-state index in [2.05, 4.69) is 26.7 Å². The van der Waals surface area contributed by atoms with Gasteiger partial charge in [0.1, 0.15) is 5.60 Å². The smallest absolute Gasteiger partial charge is 0.410 e. The Kier molecular flexibility index (Phi) is 7.12. The number of carbonyl (C=O) groups excluding carboxylic acids is 2. The first-order valence-corrected chi connectivity index (χ1v) is 11.4. The number of nitrogens with zero attached hydrogens (tertiary/aromatic N) is 5. The highest BCUT2D eigenvalue weighted by Crippen LogP contribution is 2.28. The van der Waals surface area contributed by atoms with Gasteiger partial charge in [-0.1, -0.05) is 6.92 Å². The van der Waals surface area contributed by atoms with E-state index in [-0.39, 0.29) is 17.6 Å². The van der Waals surface area contributed by atoms with Crippen LogP contribution in [0.15, 0.2) is 0 Å². The van der Waals surface area contributed by atoms with Crippen LogP contribution in [0.25, 0.3) is 0 Å². The van der Waals surface area contributed by atoms with Crippen LogP contribution in [0.3, 0.4) is 0 Å². The molecular weight excluding hydrogens is 410 g/mol. The Morgan fingerprint density at radius 2 is 1.78 bits per heavy atom. The number of amides is 2. The van der Waals surface area contributed by atoms with Crippen molar-refractivity contribution in [1.82, 2.24) is 19.8 Å². The van der Waals surface area contributed by atoms with Crippen LogP contribution >= 0.6 is 0 Å². The number of ether oxygens (including phenoxy) is 1. The van der Waals surface area contributed by atoms with Crippen LogP contribution in [0.5, 0.6) is 0 Å². The maximum absolute atomic E-state index is 12.4. The molecule has 2 saturated heterocycles. The summed E-state index contributed by atoms with van der Waals surface area (Å²) in [6.45, 7) is 13.6. The maximum Gasteiger partial charge on any atom is 0.410 e. The molecule has 1 aromatic heterocycles. The van der Waals surface area contributed by atoms with E-state index in [0.717, 1.165) is 38.9 Å². The normalized spacial score (nSPS) is 21.0. The van der Waals surface area contributed by atoms with E-state index >= 15 is 0 Å². The van der Waals surface area contributed by atoms with E-state index in [4.69, 9.17) is 16.2 Å². The second-order valence-electron chi connectivity index (χ2n) is 9.68. The van der Waals surface area contributed by atoms with Crippen molar-refractivity contribution in [2.45, 2.75) is 71.6 Å². The Morgan fingerprint density at radius 1 is 1.12 bits per heavy atom. The van der Waals surface area contributed by atoms with Crippen molar-refractivity contribution in [3.8, 4) is 0 Å². The number of aromatic nitrogens is 2. The van der Waals surface area contributed by atoms with Gasteiger partial charge < -0.3 is 26.0 Å². The number of rotatable bonds is 4. The zero-order valence-electron chi connectivity index (χ0n) is 19.9. The van der Waals surface area contributed by atoms with Gasteiger partial charge in [0.05, 0.1) is 5.69 Å². The van der Waals surface area contributed by atoms with Crippen molar-refractivity contribution in [2.24, 2.45) is 5.73 Å². The number of anilines is 2. The lowest BCUT2D eigenvalue weighted by Gasteiger charge is -2.47. The Morgan fingerprint density at radius 3 is 2.34 bits per heavy atom. The summed E-state index contributed by atoms with van der Waals surface area (Å²) in [5, 5.41) is 0. The van der Waals surface area contributed by atoms with Crippen molar-refractivity contribution < 1.29 is 14.3 Å². The summed E-state index contributed by atoms with van der Waals surface area (Å²) in [5.74, 6) is 0.118. The minimum absolute atomic E-state index is 0.0219. The maximum atomic E-state index is 12.4. The van der Waals surface area contributed by atoms with Crippen molar-refractivity contribution in [2.75, 3.05) is 43.4 Å². The zero-order chi connectivity index (χ0) is 23.6. The summed E-state index contributed by atoms with van der Waals surface area (Å²) in [5.41, 5.74) is 11.5. The van der Waals surface area contributed by atoms with Crippen LogP contribution in [0.2, 0.25) is 0 Å². The zero-order valence-corrected chi connectivity index (χ0v) is 19.9. The molecule has 0 radical (unpaired) electrons. The van der Waals surface area contributed by atoms with Gasteiger partial charge in [-0.3, -0.25) is 9.69 Å². The number of likely N-dealkylation sites (tertiary alicyclic amines) is 1. The fourth-order valence-corrected chi connectivity index (χ4v) is 4.62. The molecule has 0 aliphatic carbocycles. The number of piperidine rings is 1. The molecule has 10 heteroatoms. The summed E-state index contributed by atoms with van der Waals surface area (Å²) < 4.78 is 5.52. The third-order valence-corrected chi connectivity index (χ3v) is 6.19. The first-order valence-electron chi connectivity index (χ1n) is 11.4. The minimum atomic E-state index is -0.668. The molecule has 2 aliphatic heterocycles. The van der Waals surface area contributed by atoms with Gasteiger partial charge in [-0.25, -0.2) is 14.8 Å². The molecule has 0 saturated carbocycles. The second kappa shape index (κ2) is 9.48. The third kappa shape index (κ3) is 5.40. The van der Waals surface area contributed by atoms with Crippen molar-refractivity contribution >= 4 is 23.6 Å². The predicted octanol–water partition coefficient (Wildman–Crippen LogP) is 1.77. The summed E-state index contributed by atoms with van der Waals surface area (Å²) in [6.07, 6.45) is 2.66. The fraction of sp³-hybridized carbons (Fsp3) is 0.727. The lowest BCUT2D eigenvalue weighted by Crippen LogP contribution is -2.59. The number of primary amides is 1. The monoisotopic (exact) mass is 447 g/mol. The van der Waals surface area contributed by atoms with Gasteiger partial charge in [-0.15, -0.1) is 0 Å². The number of hydrogen-bond acceptors (Lipinski definition) is 8. The van der Waals surface area contributed by atoms with E-state index in [1.165, 1.54) is 0 Å². The van der Waals surface area contributed by atoms with Gasteiger partial charge in [0.25, 0.3) is 5.91 Å². The fourth-order valence-electron chi connectivity index (χ4n) is 4.62. The molecule has 1 atom stereocenters. The summed E-state index contributed by atoms with van der Waals surface area (Å²) in [7, 11) is 0. The highest BCUT2D eigenvalue weighted by atomic mass is 16.6. The SMILES string of the molecule is CC[C@H]1CN(c2nc(N)c(C(N)=O)nc2C)CCN1C1CCN(C(=O)OC(C)(C)C)CC1. The average Bonchev–Trinajstić information content (AvgIpc) is 2.73. The molecule has 3 rings (SSSR count). The Hall–Kier alpha value is -2.62. The van der Waals surface area contributed by atoms with Crippen molar-refractivity contribution in [3.05, 3.63) is 11.4 Å². The highest BCUT2D eigenvalue weighted by Gasteiger charge is 2.35. The molecule has 0 unspecified atom stereocenters. The lowest BCUT2D eigenvalue weighted by atomic mass is 9.98. The van der Waals surface area contributed by atoms with Gasteiger partial charge >= 0.3 is 6.09 Å². The third-order valence-electron chi connectivity index (χ3n) is 6.19. The molecule has 3 heterocycles. The van der Waals surface area contributed by atoms with Crippen molar-refractivity contribution in [1.29, 1.82) is 0 Å². The Bertz CT molecular complexity index is 847. The molecular formula is C22H37N7O3. The Balaban J connectivity index is 1.63. The van der Waals surface area contributed by atoms with Gasteiger partial charge in [-0.05, 0) is 47.0 Å². The molecule has 1 aromatic rings. The standard InChI is InChI=1S/C22H37N7O3/c1-6-15-13-28(20-14(2)25-17(19(24)30)18(23)26-20)11-12-29(15)16-7-9-27(10-8-16)21(31)32-22(3,4)5/h15-16H,6-13H2,1-5H3,(H2,23,26)(H2,24,30)/t15-/m0/s1. The Labute approximate surface area is 190 Å². The van der Waals surface area contributed by atoms with Crippen LogP contribution in [-0.4, -0.2) is 82.2 Å².